The summed E-state index contributed by atoms with van der Waals surface area (Å²) in [4.78, 5) is 24.6. The van der Waals surface area contributed by atoms with E-state index in [1.807, 2.05) is 0 Å². The third kappa shape index (κ3) is 63.5. The van der Waals surface area contributed by atoms with Crippen molar-refractivity contribution in [1.29, 1.82) is 0 Å². The first kappa shape index (κ1) is 76.3. The molecule has 0 fully saturated rings. The van der Waals surface area contributed by atoms with Gasteiger partial charge in [0.05, 0.1) is 25.4 Å². The van der Waals surface area contributed by atoms with Gasteiger partial charge in [-0.25, -0.2) is 0 Å². The van der Waals surface area contributed by atoms with Gasteiger partial charge in [0.2, 0.25) is 5.91 Å². The summed E-state index contributed by atoms with van der Waals surface area (Å²) in [6, 6.07) is -0.539. The number of hydrogen-bond donors (Lipinski definition) is 3. The third-order valence-corrected chi connectivity index (χ3v) is 16.8. The Morgan fingerprint density at radius 3 is 1.00 bits per heavy atom. The van der Waals surface area contributed by atoms with Crippen LogP contribution in [0.4, 0.5) is 0 Å². The van der Waals surface area contributed by atoms with E-state index >= 15 is 0 Å². The molecule has 0 heterocycles. The molecule has 0 aliphatic carbocycles. The van der Waals surface area contributed by atoms with Crippen molar-refractivity contribution in [2.24, 2.45) is 0 Å². The average molecular weight is 1100 g/mol. The summed E-state index contributed by atoms with van der Waals surface area (Å²) in [7, 11) is 0. The number of aliphatic hydroxyl groups excluding tert-OH is 2. The Bertz CT molecular complexity index is 1220. The second kappa shape index (κ2) is 67.8. The van der Waals surface area contributed by atoms with E-state index in [1.54, 1.807) is 0 Å². The van der Waals surface area contributed by atoms with Gasteiger partial charge in [-0.3, -0.25) is 9.59 Å². The fourth-order valence-electron chi connectivity index (χ4n) is 11.3. The molecule has 0 aliphatic heterocycles. The molecule has 0 aliphatic rings. The smallest absolute Gasteiger partial charge is 0.305 e. The molecule has 2 unspecified atom stereocenters. The maximum atomic E-state index is 12.5. The number of carbonyl (C=O) groups excluding carboxylic acids is 2. The van der Waals surface area contributed by atoms with Crippen LogP contribution in [0.3, 0.4) is 0 Å². The molecular weight excluding hydrogens is 959 g/mol. The van der Waals surface area contributed by atoms with Crippen molar-refractivity contribution >= 4 is 11.9 Å². The Hall–Kier alpha value is -1.66. The minimum atomic E-state index is -0.662. The molecule has 2 atom stereocenters. The number of unbranched alkanes of at least 4 members (excludes halogenated alkanes) is 52. The van der Waals surface area contributed by atoms with Gasteiger partial charge in [0.15, 0.2) is 0 Å². The van der Waals surface area contributed by atoms with Gasteiger partial charge in [-0.1, -0.05) is 353 Å². The van der Waals surface area contributed by atoms with E-state index in [1.165, 1.54) is 315 Å². The highest BCUT2D eigenvalue weighted by atomic mass is 16.5. The van der Waals surface area contributed by atoms with Gasteiger partial charge in [0, 0.05) is 12.8 Å². The second-order valence-corrected chi connectivity index (χ2v) is 24.6. The number of aliphatic hydroxyl groups is 2. The van der Waals surface area contributed by atoms with Crippen LogP contribution in [0.25, 0.3) is 0 Å². The molecule has 6 nitrogen and oxygen atoms in total. The molecule has 0 saturated heterocycles. The van der Waals surface area contributed by atoms with Crippen molar-refractivity contribution in [3.8, 4) is 0 Å². The Balaban J connectivity index is 3.34. The molecule has 0 rings (SSSR count). The van der Waals surface area contributed by atoms with E-state index in [-0.39, 0.29) is 18.5 Å². The fourth-order valence-corrected chi connectivity index (χ4v) is 11.3. The lowest BCUT2D eigenvalue weighted by Crippen LogP contribution is -2.45. The number of ether oxygens (including phenoxy) is 1. The molecule has 78 heavy (non-hydrogen) atoms. The molecule has 0 spiro atoms. The van der Waals surface area contributed by atoms with Crippen LogP contribution < -0.4 is 5.32 Å². The van der Waals surface area contributed by atoms with Crippen LogP contribution in [-0.2, 0) is 14.3 Å². The quantitative estimate of drug-likeness (QED) is 0.0320. The molecule has 0 bridgehead atoms. The summed E-state index contributed by atoms with van der Waals surface area (Å²) in [5.41, 5.74) is 0. The average Bonchev–Trinajstić information content (AvgIpc) is 3.44. The van der Waals surface area contributed by atoms with Gasteiger partial charge >= 0.3 is 5.97 Å². The first-order chi connectivity index (χ1) is 38.5. The molecule has 6 heteroatoms. The van der Waals surface area contributed by atoms with Gasteiger partial charge in [-0.15, -0.1) is 0 Å². The van der Waals surface area contributed by atoms with Crippen molar-refractivity contribution in [2.75, 3.05) is 13.2 Å². The van der Waals surface area contributed by atoms with Crippen LogP contribution in [-0.4, -0.2) is 47.4 Å². The molecule has 3 N–H and O–H groups in total. The van der Waals surface area contributed by atoms with Crippen LogP contribution in [0.15, 0.2) is 24.3 Å². The van der Waals surface area contributed by atoms with Crippen molar-refractivity contribution in [2.45, 2.75) is 411 Å². The van der Waals surface area contributed by atoms with Crippen molar-refractivity contribution in [3.05, 3.63) is 24.3 Å². The first-order valence-electron chi connectivity index (χ1n) is 35.6. The van der Waals surface area contributed by atoms with Gasteiger partial charge in [0.25, 0.3) is 0 Å². The summed E-state index contributed by atoms with van der Waals surface area (Å²) in [5.74, 6) is -0.0176. The summed E-state index contributed by atoms with van der Waals surface area (Å²) in [5, 5.41) is 23.4. The Kier molecular flexibility index (Phi) is 66.4. The highest BCUT2D eigenvalue weighted by Gasteiger charge is 2.20. The number of rotatable bonds is 67. The summed E-state index contributed by atoms with van der Waals surface area (Å²) in [6.45, 7) is 4.96. The van der Waals surface area contributed by atoms with Crippen molar-refractivity contribution < 1.29 is 24.5 Å². The second-order valence-electron chi connectivity index (χ2n) is 24.6. The molecule has 0 aromatic carbocycles. The van der Waals surface area contributed by atoms with E-state index in [0.717, 1.165) is 51.4 Å². The van der Waals surface area contributed by atoms with E-state index in [2.05, 4.69) is 43.5 Å². The molecule has 0 aromatic rings. The standard InChI is InChI=1S/C72H139NO5/c1-3-5-7-9-11-13-15-17-19-32-36-40-44-48-52-56-60-64-70(75)69(68-74)73-71(76)65-61-57-53-49-45-41-37-34-30-28-26-24-22-21-23-25-27-29-31-35-39-43-47-51-55-59-63-67-78-72(77)66-62-58-54-50-46-42-38-33-20-18-16-14-12-10-8-6-4-2/h12,14,18,20,69-70,74-75H,3-11,13,15-17,19,21-68H2,1-2H3,(H,73,76)/b14-12-,20-18-. The van der Waals surface area contributed by atoms with Crippen LogP contribution in [0.5, 0.6) is 0 Å². The molecule has 462 valence electrons. The number of nitrogens with one attached hydrogen (secondary N) is 1. The molecule has 1 amide bonds. The minimum Gasteiger partial charge on any atom is -0.466 e. The maximum Gasteiger partial charge on any atom is 0.305 e. The first-order valence-corrected chi connectivity index (χ1v) is 35.6. The van der Waals surface area contributed by atoms with Crippen molar-refractivity contribution in [3.63, 3.8) is 0 Å². The van der Waals surface area contributed by atoms with Crippen LogP contribution in [0.1, 0.15) is 399 Å². The lowest BCUT2D eigenvalue weighted by atomic mass is 10.0. The summed E-state index contributed by atoms with van der Waals surface area (Å²) in [6.07, 6.45) is 85.1. The largest absolute Gasteiger partial charge is 0.466 e. The zero-order valence-corrected chi connectivity index (χ0v) is 52.9. The van der Waals surface area contributed by atoms with Gasteiger partial charge in [-0.2, -0.15) is 0 Å². The summed E-state index contributed by atoms with van der Waals surface area (Å²) >= 11 is 0. The lowest BCUT2D eigenvalue weighted by molar-refractivity contribution is -0.143. The zero-order valence-electron chi connectivity index (χ0n) is 52.9. The van der Waals surface area contributed by atoms with Crippen molar-refractivity contribution in [1.82, 2.24) is 5.32 Å². The Morgan fingerprint density at radius 1 is 0.359 bits per heavy atom. The number of esters is 1. The summed E-state index contributed by atoms with van der Waals surface area (Å²) < 4.78 is 5.50. The van der Waals surface area contributed by atoms with Gasteiger partial charge in [0.1, 0.15) is 0 Å². The highest BCUT2D eigenvalue weighted by molar-refractivity contribution is 5.76. The highest BCUT2D eigenvalue weighted by Crippen LogP contribution is 2.19. The molecule has 0 saturated carbocycles. The SMILES string of the molecule is CCCCC/C=C\C/C=C\CCCCCCCCCC(=O)OCCCCCCCCCCCCCCCCCCCCCCCCCCCCCC(=O)NC(CO)C(O)CCCCCCCCCCCCCCCCCCC. The lowest BCUT2D eigenvalue weighted by Gasteiger charge is -2.22. The maximum absolute atomic E-state index is 12.5. The van der Waals surface area contributed by atoms with Crippen LogP contribution >= 0.6 is 0 Å². The van der Waals surface area contributed by atoms with Crippen LogP contribution in [0.2, 0.25) is 0 Å². The zero-order chi connectivity index (χ0) is 56.4. The van der Waals surface area contributed by atoms with E-state index < -0.39 is 12.1 Å². The van der Waals surface area contributed by atoms with Gasteiger partial charge in [-0.05, 0) is 57.8 Å². The predicted octanol–water partition coefficient (Wildman–Crippen LogP) is 22.9. The van der Waals surface area contributed by atoms with E-state index in [0.29, 0.717) is 25.9 Å². The molecular formula is C72H139NO5. The number of carbonyl (C=O) groups is 2. The topological polar surface area (TPSA) is 95.9 Å². The van der Waals surface area contributed by atoms with E-state index in [4.69, 9.17) is 4.74 Å². The fraction of sp³-hybridized carbons (Fsp3) is 0.917. The predicted molar refractivity (Wildman–Crippen MR) is 343 cm³/mol. The minimum absolute atomic E-state index is 0.0111. The number of allylic oxidation sites excluding steroid dienone is 4. The molecule has 0 aromatic heterocycles. The Morgan fingerprint density at radius 2 is 0.641 bits per heavy atom. The number of hydrogen-bond acceptors (Lipinski definition) is 5. The molecule has 0 radical (unpaired) electrons. The normalized spacial score (nSPS) is 12.6. The van der Waals surface area contributed by atoms with Crippen LogP contribution in [0, 0.1) is 0 Å². The van der Waals surface area contributed by atoms with E-state index in [9.17, 15) is 19.8 Å². The van der Waals surface area contributed by atoms with Gasteiger partial charge < -0.3 is 20.3 Å². The third-order valence-electron chi connectivity index (χ3n) is 16.8. The number of amides is 1. The monoisotopic (exact) mass is 1100 g/mol. The Labute approximate surface area is 488 Å².